The fourth-order valence-corrected chi connectivity index (χ4v) is 0.750. The van der Waals surface area contributed by atoms with Crippen molar-refractivity contribution < 1.29 is 19.5 Å². The molecule has 0 rings (SSSR count). The third-order valence-corrected chi connectivity index (χ3v) is 1.63. The van der Waals surface area contributed by atoms with Gasteiger partial charge in [-0.1, -0.05) is 0 Å². The molecule has 4 N–H and O–H groups in total. The molecule has 0 saturated heterocycles. The fraction of sp³-hybridized carbons (Fsp3) is 0.625. The van der Waals surface area contributed by atoms with Gasteiger partial charge in [0.1, 0.15) is 6.54 Å². The van der Waals surface area contributed by atoms with Crippen molar-refractivity contribution in [3.05, 3.63) is 0 Å². The highest BCUT2D eigenvalue weighted by Gasteiger charge is 2.14. The number of carboxylic acids is 1. The molecule has 0 aliphatic heterocycles. The minimum Gasteiger partial charge on any atom is -0.480 e. The van der Waals surface area contributed by atoms with E-state index in [4.69, 9.17) is 10.8 Å². The summed E-state index contributed by atoms with van der Waals surface area (Å²) < 4.78 is 0. The first-order chi connectivity index (χ1) is 6.84. The number of rotatable bonds is 5. The highest BCUT2D eigenvalue weighted by Crippen LogP contribution is 1.84. The van der Waals surface area contributed by atoms with Crippen LogP contribution in [0.1, 0.15) is 6.92 Å². The average molecular weight is 217 g/mol. The van der Waals surface area contributed by atoms with Crippen LogP contribution in [0.3, 0.4) is 0 Å². The Hall–Kier alpha value is -1.63. The van der Waals surface area contributed by atoms with E-state index < -0.39 is 30.4 Å². The molecule has 0 heterocycles. The Labute approximate surface area is 87.2 Å². The number of carbonyl (C=O) groups excluding carboxylic acids is 2. The van der Waals surface area contributed by atoms with Gasteiger partial charge in [-0.2, -0.15) is 0 Å². The largest absolute Gasteiger partial charge is 0.480 e. The van der Waals surface area contributed by atoms with E-state index in [1.807, 2.05) is 0 Å². The molecule has 0 aliphatic carbocycles. The molecular formula is C8H15N3O4. The zero-order chi connectivity index (χ0) is 12.0. The number of amides is 2. The molecule has 2 amide bonds. The van der Waals surface area contributed by atoms with Crippen LogP contribution in [0.5, 0.6) is 0 Å². The second-order valence-electron chi connectivity index (χ2n) is 3.15. The normalized spacial score (nSPS) is 11.7. The number of carbonyl (C=O) groups is 3. The van der Waals surface area contributed by atoms with Gasteiger partial charge >= 0.3 is 5.97 Å². The lowest BCUT2D eigenvalue weighted by molar-refractivity contribution is -0.143. The molecule has 0 aromatic heterocycles. The highest BCUT2D eigenvalue weighted by molar-refractivity contribution is 5.88. The van der Waals surface area contributed by atoms with Gasteiger partial charge in [-0.3, -0.25) is 14.4 Å². The Morgan fingerprint density at radius 2 is 2.00 bits per heavy atom. The number of nitrogens with one attached hydrogen (secondary N) is 1. The summed E-state index contributed by atoms with van der Waals surface area (Å²) in [6.45, 7) is 0.845. The molecule has 0 fully saturated rings. The van der Waals surface area contributed by atoms with E-state index in [0.29, 0.717) is 0 Å². The summed E-state index contributed by atoms with van der Waals surface area (Å²) in [5.74, 6) is -2.04. The number of hydrogen-bond acceptors (Lipinski definition) is 4. The van der Waals surface area contributed by atoms with Crippen LogP contribution in [0.2, 0.25) is 0 Å². The van der Waals surface area contributed by atoms with Crippen molar-refractivity contribution in [3.63, 3.8) is 0 Å². The number of nitrogens with zero attached hydrogens (tertiary/aromatic N) is 1. The molecule has 7 heteroatoms. The Balaban J connectivity index is 3.93. The molecule has 0 aromatic rings. The summed E-state index contributed by atoms with van der Waals surface area (Å²) in [4.78, 5) is 33.4. The van der Waals surface area contributed by atoms with Gasteiger partial charge in [-0.05, 0) is 6.92 Å². The van der Waals surface area contributed by atoms with Crippen molar-refractivity contribution in [2.45, 2.75) is 13.0 Å². The van der Waals surface area contributed by atoms with Gasteiger partial charge < -0.3 is 21.1 Å². The maximum atomic E-state index is 11.2. The van der Waals surface area contributed by atoms with Crippen molar-refractivity contribution in [2.75, 3.05) is 20.1 Å². The van der Waals surface area contributed by atoms with Crippen LogP contribution in [-0.4, -0.2) is 54.0 Å². The van der Waals surface area contributed by atoms with E-state index in [0.717, 1.165) is 4.90 Å². The minimum absolute atomic E-state index is 0.246. The number of hydrogen-bond donors (Lipinski definition) is 3. The Morgan fingerprint density at radius 1 is 1.47 bits per heavy atom. The maximum absolute atomic E-state index is 11.2. The van der Waals surface area contributed by atoms with Gasteiger partial charge in [0.05, 0.1) is 12.6 Å². The summed E-state index contributed by atoms with van der Waals surface area (Å²) >= 11 is 0. The zero-order valence-electron chi connectivity index (χ0n) is 8.69. The average Bonchev–Trinajstić information content (AvgIpc) is 2.12. The standard InChI is InChI=1S/C8H15N3O4/c1-5(9)8(15)10-3-6(12)11(2)4-7(13)14/h5H,3-4,9H2,1-2H3,(H,10,15)(H,13,14). The van der Waals surface area contributed by atoms with Gasteiger partial charge in [0.2, 0.25) is 11.8 Å². The molecule has 1 atom stereocenters. The van der Waals surface area contributed by atoms with Crippen molar-refractivity contribution in [1.29, 1.82) is 0 Å². The van der Waals surface area contributed by atoms with E-state index in [9.17, 15) is 14.4 Å². The first-order valence-corrected chi connectivity index (χ1v) is 4.33. The van der Waals surface area contributed by atoms with Crippen LogP contribution in [0.25, 0.3) is 0 Å². The molecule has 1 unspecified atom stereocenters. The third-order valence-electron chi connectivity index (χ3n) is 1.63. The molecule has 0 aliphatic rings. The summed E-state index contributed by atoms with van der Waals surface area (Å²) in [7, 11) is 1.34. The maximum Gasteiger partial charge on any atom is 0.323 e. The van der Waals surface area contributed by atoms with Gasteiger partial charge in [0.15, 0.2) is 0 Å². The second-order valence-corrected chi connectivity index (χ2v) is 3.15. The van der Waals surface area contributed by atoms with Crippen molar-refractivity contribution >= 4 is 17.8 Å². The van der Waals surface area contributed by atoms with Crippen LogP contribution in [0.4, 0.5) is 0 Å². The topological polar surface area (TPSA) is 113 Å². The highest BCUT2D eigenvalue weighted by atomic mass is 16.4. The molecule has 0 radical (unpaired) electrons. The first-order valence-electron chi connectivity index (χ1n) is 4.33. The number of aliphatic carboxylic acids is 1. The molecular weight excluding hydrogens is 202 g/mol. The van der Waals surface area contributed by atoms with Crippen LogP contribution >= 0.6 is 0 Å². The van der Waals surface area contributed by atoms with Crippen molar-refractivity contribution in [1.82, 2.24) is 10.2 Å². The lowest BCUT2D eigenvalue weighted by atomic mass is 10.3. The molecule has 0 spiro atoms. The lowest BCUT2D eigenvalue weighted by Crippen LogP contribution is -2.44. The Bertz CT molecular complexity index is 265. The summed E-state index contributed by atoms with van der Waals surface area (Å²) in [5.41, 5.74) is 5.25. The summed E-state index contributed by atoms with van der Waals surface area (Å²) in [6.07, 6.45) is 0. The third kappa shape index (κ3) is 5.63. The number of carboxylic acid groups (broad SMARTS) is 1. The van der Waals surface area contributed by atoms with Gasteiger partial charge in [-0.25, -0.2) is 0 Å². The smallest absolute Gasteiger partial charge is 0.323 e. The van der Waals surface area contributed by atoms with Gasteiger partial charge in [-0.15, -0.1) is 0 Å². The predicted molar refractivity (Wildman–Crippen MR) is 51.9 cm³/mol. The summed E-state index contributed by atoms with van der Waals surface area (Å²) in [5, 5.41) is 10.7. The lowest BCUT2D eigenvalue weighted by Gasteiger charge is -2.15. The quantitative estimate of drug-likeness (QED) is 0.492. The van der Waals surface area contributed by atoms with E-state index >= 15 is 0 Å². The molecule has 0 saturated carbocycles. The van der Waals surface area contributed by atoms with E-state index in [2.05, 4.69) is 5.32 Å². The second kappa shape index (κ2) is 5.97. The Morgan fingerprint density at radius 3 is 2.40 bits per heavy atom. The fourth-order valence-electron chi connectivity index (χ4n) is 0.750. The van der Waals surface area contributed by atoms with E-state index in [-0.39, 0.29) is 6.54 Å². The Kier molecular flexibility index (Phi) is 5.32. The molecule has 0 aromatic carbocycles. The molecule has 86 valence electrons. The van der Waals surface area contributed by atoms with E-state index in [1.165, 1.54) is 14.0 Å². The van der Waals surface area contributed by atoms with Crippen molar-refractivity contribution in [2.24, 2.45) is 5.73 Å². The molecule has 15 heavy (non-hydrogen) atoms. The first kappa shape index (κ1) is 13.4. The minimum atomic E-state index is -1.11. The van der Waals surface area contributed by atoms with Crippen LogP contribution < -0.4 is 11.1 Å². The zero-order valence-corrected chi connectivity index (χ0v) is 8.69. The van der Waals surface area contributed by atoms with Gasteiger partial charge in [0, 0.05) is 7.05 Å². The van der Waals surface area contributed by atoms with Crippen molar-refractivity contribution in [3.8, 4) is 0 Å². The molecule has 0 bridgehead atoms. The van der Waals surface area contributed by atoms with Gasteiger partial charge in [0.25, 0.3) is 0 Å². The number of nitrogens with two attached hydrogens (primary N) is 1. The SMILES string of the molecule is CC(N)C(=O)NCC(=O)N(C)CC(=O)O. The number of likely N-dealkylation sites (N-methyl/N-ethyl adjacent to an activating group) is 1. The predicted octanol–water partition coefficient (Wildman–Crippen LogP) is -2.01. The van der Waals surface area contributed by atoms with Crippen LogP contribution in [-0.2, 0) is 14.4 Å². The van der Waals surface area contributed by atoms with Crippen LogP contribution in [0, 0.1) is 0 Å². The van der Waals surface area contributed by atoms with Crippen LogP contribution in [0.15, 0.2) is 0 Å². The monoisotopic (exact) mass is 217 g/mol. The molecule has 7 nitrogen and oxygen atoms in total. The summed E-state index contributed by atoms with van der Waals surface area (Å²) in [6, 6.07) is -0.692. The van der Waals surface area contributed by atoms with E-state index in [1.54, 1.807) is 0 Å².